The number of amides is 1. The quantitative estimate of drug-likeness (QED) is 0.415. The average Bonchev–Trinajstić information content (AvgIpc) is 3.46. The lowest BCUT2D eigenvalue weighted by Gasteiger charge is -2.36. The molecule has 1 aliphatic rings. The molecule has 4 aromatic rings. The van der Waals surface area contributed by atoms with Crippen LogP contribution in [0.15, 0.2) is 42.7 Å². The molecule has 0 spiro atoms. The van der Waals surface area contributed by atoms with Crippen LogP contribution in [0.3, 0.4) is 0 Å². The number of thiazole rings is 1. The number of fused-ring (bicyclic) bond motifs is 1. The highest BCUT2D eigenvalue weighted by atomic mass is 32.1. The van der Waals surface area contributed by atoms with E-state index in [4.69, 9.17) is 4.98 Å². The summed E-state index contributed by atoms with van der Waals surface area (Å²) in [5.74, 6) is 0.944. The van der Waals surface area contributed by atoms with E-state index in [1.54, 1.807) is 23.7 Å². The number of benzene rings is 1. The number of hydrogen-bond acceptors (Lipinski definition) is 7. The highest BCUT2D eigenvalue weighted by Gasteiger charge is 2.27. The molecule has 34 heavy (non-hydrogen) atoms. The fraction of sp³-hybridized carbons (Fsp3) is 0.400. The summed E-state index contributed by atoms with van der Waals surface area (Å²) >= 11 is 1.65. The van der Waals surface area contributed by atoms with E-state index in [-0.39, 0.29) is 11.9 Å². The smallest absolute Gasteiger partial charge is 0.256 e. The maximum absolute atomic E-state index is 13.0. The zero-order valence-electron chi connectivity index (χ0n) is 19.9. The van der Waals surface area contributed by atoms with Crippen LogP contribution < -0.4 is 10.2 Å². The Kier molecular flexibility index (Phi) is 5.81. The number of anilines is 2. The van der Waals surface area contributed by atoms with Gasteiger partial charge >= 0.3 is 0 Å². The first-order valence-electron chi connectivity index (χ1n) is 11.6. The topological polar surface area (TPSA) is 88.8 Å². The molecule has 5 rings (SSSR count). The molecule has 0 atom stereocenters. The second kappa shape index (κ2) is 8.79. The second-order valence-corrected chi connectivity index (χ2v) is 10.9. The van der Waals surface area contributed by atoms with Crippen LogP contribution in [0, 0.1) is 5.41 Å². The third-order valence-electron chi connectivity index (χ3n) is 6.38. The van der Waals surface area contributed by atoms with Gasteiger partial charge in [0.05, 0.1) is 10.2 Å². The number of piperidine rings is 1. The van der Waals surface area contributed by atoms with Gasteiger partial charge in [0.15, 0.2) is 11.0 Å². The Bertz CT molecular complexity index is 1330. The minimum absolute atomic E-state index is 0.202. The average molecular weight is 476 g/mol. The summed E-state index contributed by atoms with van der Waals surface area (Å²) in [5.41, 5.74) is 2.57. The first-order valence-corrected chi connectivity index (χ1v) is 12.4. The molecular weight excluding hydrogens is 446 g/mol. The summed E-state index contributed by atoms with van der Waals surface area (Å²) < 4.78 is 2.96. The molecule has 1 amide bonds. The van der Waals surface area contributed by atoms with Crippen LogP contribution in [-0.2, 0) is 0 Å². The van der Waals surface area contributed by atoms with Crippen molar-refractivity contribution in [2.24, 2.45) is 5.41 Å². The number of pyridine rings is 1. The van der Waals surface area contributed by atoms with Gasteiger partial charge in [-0.05, 0) is 62.4 Å². The van der Waals surface area contributed by atoms with Crippen molar-refractivity contribution in [3.63, 3.8) is 0 Å². The van der Waals surface area contributed by atoms with Gasteiger partial charge in [-0.15, -0.1) is 10.2 Å². The third kappa shape index (κ3) is 4.52. The van der Waals surface area contributed by atoms with E-state index >= 15 is 0 Å². The number of hydrogen-bond donors (Lipinski definition) is 1. The molecule has 1 saturated heterocycles. The van der Waals surface area contributed by atoms with Crippen molar-refractivity contribution < 1.29 is 4.79 Å². The van der Waals surface area contributed by atoms with Gasteiger partial charge in [0, 0.05) is 24.7 Å². The van der Waals surface area contributed by atoms with Gasteiger partial charge in [0.25, 0.3) is 5.91 Å². The molecule has 1 fully saturated rings. The van der Waals surface area contributed by atoms with Crippen LogP contribution in [-0.4, -0.2) is 43.7 Å². The summed E-state index contributed by atoms with van der Waals surface area (Å²) in [6, 6.07) is 11.4. The SMILES string of the molecule is CC(C)n1cnnc1-c1cccc(NC(=O)c2ccc3nc(N4CCC(C)(C)CC4)sc3c2)n1. The zero-order chi connectivity index (χ0) is 23.9. The highest BCUT2D eigenvalue weighted by Crippen LogP contribution is 2.36. The second-order valence-electron chi connectivity index (χ2n) is 9.85. The Hall–Kier alpha value is -3.33. The van der Waals surface area contributed by atoms with E-state index in [2.05, 4.69) is 53.1 Å². The number of nitrogens with one attached hydrogen (secondary N) is 1. The van der Waals surface area contributed by atoms with E-state index in [0.717, 1.165) is 41.3 Å². The predicted octanol–water partition coefficient (Wildman–Crippen LogP) is 5.41. The van der Waals surface area contributed by atoms with Crippen molar-refractivity contribution in [3.05, 3.63) is 48.3 Å². The predicted molar refractivity (Wildman–Crippen MR) is 136 cm³/mol. The lowest BCUT2D eigenvalue weighted by Crippen LogP contribution is -2.37. The molecule has 1 aliphatic heterocycles. The third-order valence-corrected chi connectivity index (χ3v) is 7.46. The van der Waals surface area contributed by atoms with E-state index in [1.165, 1.54) is 0 Å². The monoisotopic (exact) mass is 475 g/mol. The molecule has 0 bridgehead atoms. The Labute approximate surface area is 203 Å². The molecule has 3 aromatic heterocycles. The Morgan fingerprint density at radius 3 is 2.68 bits per heavy atom. The maximum Gasteiger partial charge on any atom is 0.256 e. The van der Waals surface area contributed by atoms with E-state index in [0.29, 0.717) is 28.3 Å². The van der Waals surface area contributed by atoms with Gasteiger partial charge in [-0.3, -0.25) is 4.79 Å². The lowest BCUT2D eigenvalue weighted by molar-refractivity contribution is 0.102. The van der Waals surface area contributed by atoms with Crippen molar-refractivity contribution in [2.45, 2.75) is 46.6 Å². The van der Waals surface area contributed by atoms with Crippen LogP contribution in [0.4, 0.5) is 10.9 Å². The van der Waals surface area contributed by atoms with Crippen molar-refractivity contribution >= 4 is 38.4 Å². The maximum atomic E-state index is 13.0. The molecule has 9 heteroatoms. The first kappa shape index (κ1) is 22.5. The molecule has 0 aliphatic carbocycles. The largest absolute Gasteiger partial charge is 0.348 e. The Balaban J connectivity index is 1.33. The number of nitrogens with zero attached hydrogens (tertiary/aromatic N) is 6. The summed E-state index contributed by atoms with van der Waals surface area (Å²) in [7, 11) is 0. The van der Waals surface area contributed by atoms with E-state index in [9.17, 15) is 4.79 Å². The van der Waals surface area contributed by atoms with Crippen LogP contribution in [0.5, 0.6) is 0 Å². The summed E-state index contributed by atoms with van der Waals surface area (Å²) in [5, 5.41) is 12.2. The standard InChI is InChI=1S/C25H29N7OS/c1-16(2)32-15-26-30-22(32)19-6-5-7-21(27-19)29-23(33)17-8-9-18-20(14-17)34-24(28-18)31-12-10-25(3,4)11-13-31/h5-9,14-16H,10-13H2,1-4H3,(H,27,29,33). The number of carbonyl (C=O) groups excluding carboxylic acids is 1. The van der Waals surface area contributed by atoms with Gasteiger partial charge < -0.3 is 14.8 Å². The Morgan fingerprint density at radius 1 is 1.12 bits per heavy atom. The summed E-state index contributed by atoms with van der Waals surface area (Å²) in [6.45, 7) is 10.8. The lowest BCUT2D eigenvalue weighted by atomic mass is 9.83. The van der Waals surface area contributed by atoms with Crippen LogP contribution in [0.1, 0.15) is 56.9 Å². The number of carbonyl (C=O) groups is 1. The van der Waals surface area contributed by atoms with E-state index in [1.807, 2.05) is 34.9 Å². The van der Waals surface area contributed by atoms with Crippen molar-refractivity contribution in [1.82, 2.24) is 24.7 Å². The van der Waals surface area contributed by atoms with Crippen molar-refractivity contribution in [2.75, 3.05) is 23.3 Å². The summed E-state index contributed by atoms with van der Waals surface area (Å²) in [4.78, 5) is 24.8. The minimum atomic E-state index is -0.202. The molecule has 0 unspecified atom stereocenters. The Morgan fingerprint density at radius 2 is 1.91 bits per heavy atom. The van der Waals surface area contributed by atoms with Crippen LogP contribution >= 0.6 is 11.3 Å². The van der Waals surface area contributed by atoms with E-state index < -0.39 is 0 Å². The zero-order valence-corrected chi connectivity index (χ0v) is 20.8. The fourth-order valence-electron chi connectivity index (χ4n) is 4.11. The fourth-order valence-corrected chi connectivity index (χ4v) is 5.17. The van der Waals surface area contributed by atoms with Crippen LogP contribution in [0.2, 0.25) is 0 Å². The van der Waals surface area contributed by atoms with Gasteiger partial charge in [0.2, 0.25) is 0 Å². The van der Waals surface area contributed by atoms with Gasteiger partial charge in [-0.25, -0.2) is 9.97 Å². The number of rotatable bonds is 5. The molecular formula is C25H29N7OS. The highest BCUT2D eigenvalue weighted by molar-refractivity contribution is 7.22. The normalized spacial score (nSPS) is 15.7. The molecule has 176 valence electrons. The van der Waals surface area contributed by atoms with Gasteiger partial charge in [0.1, 0.15) is 17.8 Å². The molecule has 0 saturated carbocycles. The van der Waals surface area contributed by atoms with Crippen molar-refractivity contribution in [1.29, 1.82) is 0 Å². The minimum Gasteiger partial charge on any atom is -0.348 e. The molecule has 8 nitrogen and oxygen atoms in total. The number of aromatic nitrogens is 5. The van der Waals surface area contributed by atoms with Gasteiger partial charge in [-0.2, -0.15) is 0 Å². The summed E-state index contributed by atoms with van der Waals surface area (Å²) in [6.07, 6.45) is 4.02. The molecule has 0 radical (unpaired) electrons. The van der Waals surface area contributed by atoms with Crippen molar-refractivity contribution in [3.8, 4) is 11.5 Å². The molecule has 1 N–H and O–H groups in total. The van der Waals surface area contributed by atoms with Crippen LogP contribution in [0.25, 0.3) is 21.7 Å². The first-order chi connectivity index (χ1) is 16.3. The molecule has 4 heterocycles. The van der Waals surface area contributed by atoms with Gasteiger partial charge in [-0.1, -0.05) is 31.3 Å². The molecule has 1 aromatic carbocycles.